The lowest BCUT2D eigenvalue weighted by molar-refractivity contribution is 0.0685. The van der Waals surface area contributed by atoms with Crippen molar-refractivity contribution in [3.05, 3.63) is 88.3 Å². The predicted octanol–water partition coefficient (Wildman–Crippen LogP) is 4.73. The summed E-state index contributed by atoms with van der Waals surface area (Å²) in [7, 11) is 1.63. The molecule has 0 spiro atoms. The maximum absolute atomic E-state index is 13.7. The summed E-state index contributed by atoms with van der Waals surface area (Å²) >= 11 is 1.59. The molecular weight excluding hydrogens is 474 g/mol. The van der Waals surface area contributed by atoms with Crippen LogP contribution < -0.4 is 10.4 Å². The quantitative estimate of drug-likeness (QED) is 0.379. The number of amides is 1. The predicted molar refractivity (Wildman–Crippen MR) is 140 cm³/mol. The number of aromatic amines is 1. The Kier molecular flexibility index (Phi) is 5.69. The molecule has 8 nitrogen and oxygen atoms in total. The largest absolute Gasteiger partial charge is 0.497 e. The van der Waals surface area contributed by atoms with E-state index in [0.29, 0.717) is 31.6 Å². The summed E-state index contributed by atoms with van der Waals surface area (Å²) in [5.74, 6) is 0.678. The van der Waals surface area contributed by atoms with Crippen molar-refractivity contribution in [1.82, 2.24) is 24.2 Å². The number of fused-ring (bicyclic) bond motifs is 1. The number of rotatable bonds is 5. The fourth-order valence-corrected chi connectivity index (χ4v) is 5.61. The summed E-state index contributed by atoms with van der Waals surface area (Å²) in [5.41, 5.74) is 3.73. The van der Waals surface area contributed by atoms with Crippen molar-refractivity contribution in [2.45, 2.75) is 18.9 Å². The summed E-state index contributed by atoms with van der Waals surface area (Å²) in [4.78, 5) is 32.2. The molecule has 1 N–H and O–H groups in total. The van der Waals surface area contributed by atoms with Crippen LogP contribution in [0, 0.1) is 0 Å². The average molecular weight is 500 g/mol. The number of likely N-dealkylation sites (tertiary alicyclic amines) is 1. The van der Waals surface area contributed by atoms with Gasteiger partial charge in [0.15, 0.2) is 0 Å². The zero-order valence-electron chi connectivity index (χ0n) is 19.8. The average Bonchev–Trinajstić information content (AvgIpc) is 3.66. The first kappa shape index (κ1) is 22.4. The van der Waals surface area contributed by atoms with E-state index < -0.39 is 0 Å². The molecule has 36 heavy (non-hydrogen) atoms. The Balaban J connectivity index is 1.28. The fourth-order valence-electron chi connectivity index (χ4n) is 4.92. The summed E-state index contributed by atoms with van der Waals surface area (Å²) < 4.78 is 8.84. The Morgan fingerprint density at radius 3 is 2.56 bits per heavy atom. The lowest BCUT2D eigenvalue weighted by atomic mass is 10.0. The number of para-hydroxylation sites is 2. The topological polar surface area (TPSA) is 85.2 Å². The molecule has 0 aliphatic carbocycles. The number of thiophene rings is 1. The molecule has 1 aliphatic rings. The molecule has 0 unspecified atom stereocenters. The van der Waals surface area contributed by atoms with Crippen molar-refractivity contribution < 1.29 is 9.53 Å². The third kappa shape index (κ3) is 3.91. The fraction of sp³-hybridized carbons (Fsp3) is 0.222. The van der Waals surface area contributed by atoms with Crippen LogP contribution in [-0.2, 0) is 0 Å². The number of hydrogen-bond donors (Lipinski definition) is 1. The molecule has 1 amide bonds. The van der Waals surface area contributed by atoms with Gasteiger partial charge in [-0.2, -0.15) is 5.10 Å². The third-order valence-electron chi connectivity index (χ3n) is 6.76. The molecule has 1 saturated heterocycles. The van der Waals surface area contributed by atoms with Crippen molar-refractivity contribution in [2.24, 2.45) is 0 Å². The van der Waals surface area contributed by atoms with Crippen LogP contribution in [0.5, 0.6) is 5.75 Å². The van der Waals surface area contributed by atoms with Gasteiger partial charge in [0.05, 0.1) is 28.7 Å². The maximum Gasteiger partial charge on any atom is 0.326 e. The zero-order valence-corrected chi connectivity index (χ0v) is 20.6. The van der Waals surface area contributed by atoms with Gasteiger partial charge >= 0.3 is 5.69 Å². The smallest absolute Gasteiger partial charge is 0.326 e. The number of nitrogens with one attached hydrogen (secondary N) is 1. The monoisotopic (exact) mass is 499 g/mol. The standard InChI is InChI=1S/C27H25N5O3S/c1-35-20-10-8-19(9-11-20)32-24(17-22(29-32)25-7-4-16-36-25)26(33)30-14-12-18(13-15-30)31-23-6-3-2-5-21(23)28-27(31)34/h2-11,16-18H,12-15H2,1H3,(H,28,34). The zero-order chi connectivity index (χ0) is 24.6. The van der Waals surface area contributed by atoms with Crippen LogP contribution >= 0.6 is 11.3 Å². The molecular formula is C27H25N5O3S. The van der Waals surface area contributed by atoms with Crippen LogP contribution in [0.4, 0.5) is 0 Å². The molecule has 1 aliphatic heterocycles. The van der Waals surface area contributed by atoms with Crippen molar-refractivity contribution in [3.8, 4) is 22.0 Å². The van der Waals surface area contributed by atoms with Crippen LogP contribution in [0.2, 0.25) is 0 Å². The minimum Gasteiger partial charge on any atom is -0.497 e. The van der Waals surface area contributed by atoms with Crippen molar-refractivity contribution in [2.75, 3.05) is 20.2 Å². The first-order valence-corrected chi connectivity index (χ1v) is 12.8. The van der Waals surface area contributed by atoms with Crippen LogP contribution in [0.25, 0.3) is 27.3 Å². The van der Waals surface area contributed by atoms with Crippen LogP contribution in [0.1, 0.15) is 29.4 Å². The number of methoxy groups -OCH3 is 1. The van der Waals surface area contributed by atoms with Crippen molar-refractivity contribution in [3.63, 3.8) is 0 Å². The summed E-state index contributed by atoms with van der Waals surface area (Å²) in [6.45, 7) is 1.13. The highest BCUT2D eigenvalue weighted by Crippen LogP contribution is 2.29. The molecule has 4 heterocycles. The van der Waals surface area contributed by atoms with E-state index in [4.69, 9.17) is 9.84 Å². The Labute approximate surface area is 211 Å². The Morgan fingerprint density at radius 2 is 1.83 bits per heavy atom. The van der Waals surface area contributed by atoms with E-state index in [9.17, 15) is 9.59 Å². The summed E-state index contributed by atoms with van der Waals surface area (Å²) in [6.07, 6.45) is 1.42. The number of imidazole rings is 1. The molecule has 0 saturated carbocycles. The van der Waals surface area contributed by atoms with Gasteiger partial charge in [0.2, 0.25) is 0 Å². The number of nitrogens with zero attached hydrogens (tertiary/aromatic N) is 4. The van der Waals surface area contributed by atoms with Gasteiger partial charge in [-0.1, -0.05) is 18.2 Å². The summed E-state index contributed by atoms with van der Waals surface area (Å²) in [6, 6.07) is 21.2. The molecule has 1 fully saturated rings. The molecule has 0 atom stereocenters. The normalized spacial score (nSPS) is 14.4. The highest BCUT2D eigenvalue weighted by Gasteiger charge is 2.29. The lowest BCUT2D eigenvalue weighted by Crippen LogP contribution is -2.41. The number of H-pyrrole nitrogens is 1. The van der Waals surface area contributed by atoms with Gasteiger partial charge < -0.3 is 14.6 Å². The van der Waals surface area contributed by atoms with E-state index in [1.165, 1.54) is 0 Å². The molecule has 182 valence electrons. The maximum atomic E-state index is 13.7. The molecule has 0 radical (unpaired) electrons. The first-order valence-electron chi connectivity index (χ1n) is 11.9. The number of piperidine rings is 1. The minimum atomic E-state index is -0.0980. The summed E-state index contributed by atoms with van der Waals surface area (Å²) in [5, 5.41) is 6.79. The number of carbonyl (C=O) groups excluding carboxylic acids is 1. The molecule has 0 bridgehead atoms. The highest BCUT2D eigenvalue weighted by atomic mass is 32.1. The number of hydrogen-bond acceptors (Lipinski definition) is 5. The van der Waals surface area contributed by atoms with E-state index in [1.807, 2.05) is 81.6 Å². The first-order chi connectivity index (χ1) is 17.6. The van der Waals surface area contributed by atoms with Gasteiger partial charge in [0.1, 0.15) is 17.1 Å². The van der Waals surface area contributed by atoms with Crippen LogP contribution in [0.15, 0.2) is 76.9 Å². The van der Waals surface area contributed by atoms with Gasteiger partial charge in [-0.15, -0.1) is 11.3 Å². The van der Waals surface area contributed by atoms with E-state index >= 15 is 0 Å². The Bertz CT molecular complexity index is 1570. The molecule has 5 aromatic rings. The number of carbonyl (C=O) groups is 1. The molecule has 3 aromatic heterocycles. The Hall–Kier alpha value is -4.11. The number of aromatic nitrogens is 4. The van der Waals surface area contributed by atoms with Gasteiger partial charge in [-0.3, -0.25) is 9.36 Å². The van der Waals surface area contributed by atoms with E-state index in [1.54, 1.807) is 23.1 Å². The van der Waals surface area contributed by atoms with E-state index in [-0.39, 0.29) is 17.6 Å². The SMILES string of the molecule is COc1ccc(-n2nc(-c3cccs3)cc2C(=O)N2CCC(n3c(=O)[nH]c4ccccc43)CC2)cc1. The van der Waals surface area contributed by atoms with Crippen molar-refractivity contribution in [1.29, 1.82) is 0 Å². The third-order valence-corrected chi connectivity index (χ3v) is 7.65. The van der Waals surface area contributed by atoms with E-state index in [2.05, 4.69) is 4.98 Å². The highest BCUT2D eigenvalue weighted by molar-refractivity contribution is 7.13. The second-order valence-corrected chi connectivity index (χ2v) is 9.79. The lowest BCUT2D eigenvalue weighted by Gasteiger charge is -2.32. The van der Waals surface area contributed by atoms with Crippen LogP contribution in [-0.4, -0.2) is 50.3 Å². The molecule has 2 aromatic carbocycles. The Morgan fingerprint density at radius 1 is 1.06 bits per heavy atom. The van der Waals surface area contributed by atoms with Gasteiger partial charge in [0.25, 0.3) is 5.91 Å². The van der Waals surface area contributed by atoms with E-state index in [0.717, 1.165) is 33.0 Å². The van der Waals surface area contributed by atoms with Gasteiger partial charge in [-0.05, 0) is 66.8 Å². The molecule has 9 heteroatoms. The van der Waals surface area contributed by atoms with Gasteiger partial charge in [-0.25, -0.2) is 9.48 Å². The number of ether oxygens (including phenoxy) is 1. The van der Waals surface area contributed by atoms with Crippen molar-refractivity contribution >= 4 is 28.3 Å². The number of benzene rings is 2. The molecule has 6 rings (SSSR count). The minimum absolute atomic E-state index is 0.0471. The van der Waals surface area contributed by atoms with Crippen LogP contribution in [0.3, 0.4) is 0 Å². The second-order valence-electron chi connectivity index (χ2n) is 8.84. The van der Waals surface area contributed by atoms with Gasteiger partial charge in [0, 0.05) is 19.1 Å². The second kappa shape index (κ2) is 9.16.